The molecule has 7 heteroatoms. The van der Waals surface area contributed by atoms with Crippen molar-refractivity contribution < 1.29 is 13.2 Å². The molecule has 138 valence electrons. The normalized spacial score (nSPS) is 16.0. The van der Waals surface area contributed by atoms with Gasteiger partial charge in [0.15, 0.2) is 0 Å². The lowest BCUT2D eigenvalue weighted by Gasteiger charge is -2.29. The third-order valence-corrected chi connectivity index (χ3v) is 5.90. The standard InChI is InChI=1S/C19H21ClN2O3S/c1-14-3-4-15(2)18(13-14)26(23,24)21-19(22-9-11-25-12-10-22)16-5-7-17(20)8-6-16/h3-8,13H,9-12H2,1-2H3/b21-19+. The van der Waals surface area contributed by atoms with E-state index >= 15 is 0 Å². The van der Waals surface area contributed by atoms with Gasteiger partial charge in [-0.2, -0.15) is 8.42 Å². The number of amidine groups is 1. The van der Waals surface area contributed by atoms with Gasteiger partial charge in [-0.25, -0.2) is 0 Å². The van der Waals surface area contributed by atoms with Crippen LogP contribution in [0.3, 0.4) is 0 Å². The largest absolute Gasteiger partial charge is 0.378 e. The van der Waals surface area contributed by atoms with Crippen LogP contribution in [0.1, 0.15) is 16.7 Å². The van der Waals surface area contributed by atoms with E-state index in [1.807, 2.05) is 17.9 Å². The van der Waals surface area contributed by atoms with Crippen LogP contribution < -0.4 is 0 Å². The van der Waals surface area contributed by atoms with Gasteiger partial charge >= 0.3 is 0 Å². The highest BCUT2D eigenvalue weighted by Crippen LogP contribution is 2.22. The molecule has 0 bridgehead atoms. The Kier molecular flexibility index (Phi) is 5.65. The quantitative estimate of drug-likeness (QED) is 0.593. The predicted octanol–water partition coefficient (Wildman–Crippen LogP) is 3.42. The van der Waals surface area contributed by atoms with E-state index < -0.39 is 10.0 Å². The van der Waals surface area contributed by atoms with Gasteiger partial charge in [0.05, 0.1) is 18.1 Å². The molecule has 0 N–H and O–H groups in total. The lowest BCUT2D eigenvalue weighted by molar-refractivity contribution is 0.0683. The summed E-state index contributed by atoms with van der Waals surface area (Å²) < 4.78 is 35.7. The number of halogens is 1. The highest BCUT2D eigenvalue weighted by molar-refractivity contribution is 7.90. The molecule has 1 heterocycles. The zero-order chi connectivity index (χ0) is 18.7. The number of hydrogen-bond acceptors (Lipinski definition) is 3. The average Bonchev–Trinajstić information content (AvgIpc) is 2.63. The maximum Gasteiger partial charge on any atom is 0.284 e. The minimum absolute atomic E-state index is 0.234. The summed E-state index contributed by atoms with van der Waals surface area (Å²) in [6, 6.07) is 12.4. The Morgan fingerprint density at radius 2 is 1.73 bits per heavy atom. The smallest absolute Gasteiger partial charge is 0.284 e. The van der Waals surface area contributed by atoms with Gasteiger partial charge in [0.1, 0.15) is 5.84 Å². The Labute approximate surface area is 159 Å². The van der Waals surface area contributed by atoms with Gasteiger partial charge in [-0.05, 0) is 55.3 Å². The van der Waals surface area contributed by atoms with E-state index in [1.165, 1.54) is 0 Å². The lowest BCUT2D eigenvalue weighted by atomic mass is 10.2. The molecule has 0 aromatic heterocycles. The Hall–Kier alpha value is -1.89. The number of morpholine rings is 1. The van der Waals surface area contributed by atoms with Gasteiger partial charge in [0.25, 0.3) is 10.0 Å². The Bertz CT molecular complexity index is 918. The van der Waals surface area contributed by atoms with Crippen molar-refractivity contribution in [3.63, 3.8) is 0 Å². The van der Waals surface area contributed by atoms with Gasteiger partial charge in [0, 0.05) is 23.7 Å². The summed E-state index contributed by atoms with van der Waals surface area (Å²) >= 11 is 5.98. The van der Waals surface area contributed by atoms with Crippen molar-refractivity contribution in [3.05, 3.63) is 64.2 Å². The monoisotopic (exact) mass is 392 g/mol. The maximum atomic E-state index is 13.0. The summed E-state index contributed by atoms with van der Waals surface area (Å²) in [4.78, 5) is 2.17. The highest BCUT2D eigenvalue weighted by Gasteiger charge is 2.23. The number of rotatable bonds is 3. The molecular weight excluding hydrogens is 372 g/mol. The Morgan fingerprint density at radius 3 is 2.38 bits per heavy atom. The molecule has 0 atom stereocenters. The van der Waals surface area contributed by atoms with E-state index in [4.69, 9.17) is 16.3 Å². The summed E-state index contributed by atoms with van der Waals surface area (Å²) in [5.74, 6) is 0.422. The van der Waals surface area contributed by atoms with E-state index in [-0.39, 0.29) is 4.90 Å². The molecule has 1 saturated heterocycles. The van der Waals surface area contributed by atoms with Crippen molar-refractivity contribution in [2.24, 2.45) is 4.40 Å². The topological polar surface area (TPSA) is 59.0 Å². The maximum absolute atomic E-state index is 13.0. The zero-order valence-corrected chi connectivity index (χ0v) is 16.3. The molecular formula is C19H21ClN2O3S. The van der Waals surface area contributed by atoms with Gasteiger partial charge in [-0.15, -0.1) is 4.40 Å². The van der Waals surface area contributed by atoms with Crippen molar-refractivity contribution in [2.45, 2.75) is 18.7 Å². The van der Waals surface area contributed by atoms with E-state index in [2.05, 4.69) is 4.40 Å². The van der Waals surface area contributed by atoms with Gasteiger partial charge in [0.2, 0.25) is 0 Å². The molecule has 5 nitrogen and oxygen atoms in total. The second kappa shape index (κ2) is 7.78. The SMILES string of the molecule is Cc1ccc(C)c(S(=O)(=O)/N=C(\c2ccc(Cl)cc2)N2CCOCC2)c1. The molecule has 1 fully saturated rings. The third-order valence-electron chi connectivity index (χ3n) is 4.24. The van der Waals surface area contributed by atoms with Crippen LogP contribution in [0.2, 0.25) is 5.02 Å². The molecule has 0 amide bonds. The minimum atomic E-state index is -3.85. The minimum Gasteiger partial charge on any atom is -0.378 e. The number of sulfonamides is 1. The van der Waals surface area contributed by atoms with Crippen LogP contribution in [0.15, 0.2) is 51.8 Å². The fourth-order valence-electron chi connectivity index (χ4n) is 2.82. The zero-order valence-electron chi connectivity index (χ0n) is 14.8. The van der Waals surface area contributed by atoms with Gasteiger partial charge in [-0.1, -0.05) is 23.7 Å². The highest BCUT2D eigenvalue weighted by atomic mass is 35.5. The van der Waals surface area contributed by atoms with Crippen LogP contribution in [0.4, 0.5) is 0 Å². The van der Waals surface area contributed by atoms with Crippen LogP contribution in [0.5, 0.6) is 0 Å². The number of benzene rings is 2. The van der Waals surface area contributed by atoms with E-state index in [0.717, 1.165) is 5.56 Å². The molecule has 0 spiro atoms. The second-order valence-corrected chi connectivity index (χ2v) is 8.27. The van der Waals surface area contributed by atoms with Crippen molar-refractivity contribution in [1.29, 1.82) is 0 Å². The van der Waals surface area contributed by atoms with Gasteiger partial charge in [-0.3, -0.25) is 0 Å². The van der Waals surface area contributed by atoms with Crippen molar-refractivity contribution in [1.82, 2.24) is 4.90 Å². The first-order valence-corrected chi connectivity index (χ1v) is 10.2. The fraction of sp³-hybridized carbons (Fsp3) is 0.316. The molecule has 2 aromatic carbocycles. The number of hydrogen-bond donors (Lipinski definition) is 0. The molecule has 0 aliphatic carbocycles. The van der Waals surface area contributed by atoms with E-state index in [0.29, 0.717) is 48.3 Å². The van der Waals surface area contributed by atoms with Crippen molar-refractivity contribution >= 4 is 27.5 Å². The molecule has 1 aliphatic rings. The molecule has 3 rings (SSSR count). The van der Waals surface area contributed by atoms with Crippen LogP contribution in [0, 0.1) is 13.8 Å². The summed E-state index contributed by atoms with van der Waals surface area (Å²) in [5.41, 5.74) is 2.27. The van der Waals surface area contributed by atoms with Crippen molar-refractivity contribution in [3.8, 4) is 0 Å². The lowest BCUT2D eigenvalue weighted by Crippen LogP contribution is -2.41. The van der Waals surface area contributed by atoms with E-state index in [1.54, 1.807) is 43.3 Å². The molecule has 2 aromatic rings. The summed E-state index contributed by atoms with van der Waals surface area (Å²) in [6.45, 7) is 5.89. The predicted molar refractivity (Wildman–Crippen MR) is 103 cm³/mol. The Balaban J connectivity index is 2.10. The third kappa shape index (κ3) is 4.26. The molecule has 0 radical (unpaired) electrons. The molecule has 26 heavy (non-hydrogen) atoms. The average molecular weight is 393 g/mol. The fourth-order valence-corrected chi connectivity index (χ4v) is 4.30. The molecule has 0 unspecified atom stereocenters. The number of aryl methyl sites for hydroxylation is 2. The van der Waals surface area contributed by atoms with Crippen LogP contribution in [0.25, 0.3) is 0 Å². The number of nitrogens with zero attached hydrogens (tertiary/aromatic N) is 2. The summed E-state index contributed by atoms with van der Waals surface area (Å²) in [5, 5.41) is 0.590. The molecule has 1 aliphatic heterocycles. The summed E-state index contributed by atoms with van der Waals surface area (Å²) in [7, 11) is -3.85. The second-order valence-electron chi connectivity index (χ2n) is 6.27. The number of ether oxygens (including phenoxy) is 1. The van der Waals surface area contributed by atoms with Crippen LogP contribution in [-0.2, 0) is 14.8 Å². The Morgan fingerprint density at radius 1 is 1.08 bits per heavy atom. The first-order chi connectivity index (χ1) is 12.4. The first-order valence-electron chi connectivity index (χ1n) is 8.38. The van der Waals surface area contributed by atoms with Gasteiger partial charge < -0.3 is 9.64 Å². The first kappa shape index (κ1) is 18.9. The molecule has 0 saturated carbocycles. The van der Waals surface area contributed by atoms with Crippen LogP contribution in [-0.4, -0.2) is 45.5 Å². The summed E-state index contributed by atoms with van der Waals surface area (Å²) in [6.07, 6.45) is 0. The van der Waals surface area contributed by atoms with Crippen LogP contribution >= 0.6 is 11.6 Å². The van der Waals surface area contributed by atoms with Crippen molar-refractivity contribution in [2.75, 3.05) is 26.3 Å². The van der Waals surface area contributed by atoms with E-state index in [9.17, 15) is 8.42 Å².